The van der Waals surface area contributed by atoms with Crippen LogP contribution in [0.3, 0.4) is 0 Å². The molecule has 3 aromatic heterocycles. The Morgan fingerprint density at radius 1 is 1.31 bits per heavy atom. The van der Waals surface area contributed by atoms with E-state index in [-0.39, 0.29) is 12.0 Å². The molecule has 1 aliphatic heterocycles. The first-order chi connectivity index (χ1) is 16.9. The maximum absolute atomic E-state index is 12.2. The van der Waals surface area contributed by atoms with Gasteiger partial charge in [0.15, 0.2) is 0 Å². The van der Waals surface area contributed by atoms with E-state index in [4.69, 9.17) is 22.1 Å². The maximum Gasteiger partial charge on any atom is 0.262 e. The highest BCUT2D eigenvalue weighted by Gasteiger charge is 2.22. The molecule has 1 unspecified atom stereocenters. The number of thiophene rings is 1. The Balaban J connectivity index is 1.45. The second kappa shape index (κ2) is 9.69. The Hall–Kier alpha value is -3.40. The molecular weight excluding hydrogens is 486 g/mol. The minimum absolute atomic E-state index is 0.0387. The van der Waals surface area contributed by atoms with Crippen molar-refractivity contribution < 1.29 is 14.3 Å². The number of amides is 2. The summed E-state index contributed by atoms with van der Waals surface area (Å²) in [6.07, 6.45) is 3.41. The van der Waals surface area contributed by atoms with Crippen molar-refractivity contribution in [2.75, 3.05) is 19.6 Å². The van der Waals surface area contributed by atoms with E-state index >= 15 is 0 Å². The number of imidazole rings is 1. The molecule has 2 amide bonds. The van der Waals surface area contributed by atoms with Gasteiger partial charge < -0.3 is 15.8 Å². The summed E-state index contributed by atoms with van der Waals surface area (Å²) in [5, 5.41) is 3.44. The number of fused-ring (bicyclic) bond motifs is 1. The summed E-state index contributed by atoms with van der Waals surface area (Å²) < 4.78 is 8.13. The maximum atomic E-state index is 12.2. The van der Waals surface area contributed by atoms with Gasteiger partial charge in [0.05, 0.1) is 23.3 Å². The lowest BCUT2D eigenvalue weighted by atomic mass is 10.1. The van der Waals surface area contributed by atoms with E-state index < -0.39 is 5.91 Å². The number of piperazine rings is 1. The quantitative estimate of drug-likeness (QED) is 0.393. The smallest absolute Gasteiger partial charge is 0.262 e. The Kier molecular flexibility index (Phi) is 6.46. The van der Waals surface area contributed by atoms with Gasteiger partial charge in [0.2, 0.25) is 5.91 Å². The van der Waals surface area contributed by atoms with E-state index in [9.17, 15) is 9.59 Å². The first-order valence-corrected chi connectivity index (χ1v) is 12.4. The fraction of sp³-hybridized carbons (Fsp3) is 0.240. The lowest BCUT2D eigenvalue weighted by Crippen LogP contribution is -2.47. The monoisotopic (exact) mass is 509 g/mol. The van der Waals surface area contributed by atoms with Gasteiger partial charge in [-0.15, -0.1) is 11.3 Å². The second-order valence-electron chi connectivity index (χ2n) is 8.42. The molecule has 10 heteroatoms. The second-order valence-corrected chi connectivity index (χ2v) is 9.88. The van der Waals surface area contributed by atoms with E-state index in [0.29, 0.717) is 35.3 Å². The van der Waals surface area contributed by atoms with Crippen molar-refractivity contribution in [1.29, 1.82) is 0 Å². The van der Waals surface area contributed by atoms with Crippen LogP contribution in [0, 0.1) is 0 Å². The van der Waals surface area contributed by atoms with Crippen LogP contribution in [-0.4, -0.2) is 45.7 Å². The molecule has 180 valence electrons. The summed E-state index contributed by atoms with van der Waals surface area (Å²) in [5.41, 5.74) is 9.17. The molecule has 1 atom stereocenters. The van der Waals surface area contributed by atoms with Gasteiger partial charge in [-0.25, -0.2) is 4.98 Å². The first kappa shape index (κ1) is 23.3. The van der Waals surface area contributed by atoms with Crippen LogP contribution in [0.5, 0.6) is 5.75 Å². The predicted octanol–water partition coefficient (Wildman–Crippen LogP) is 3.89. The lowest BCUT2D eigenvalue weighted by molar-refractivity contribution is -0.124. The minimum atomic E-state index is -0.555. The number of hydrogen-bond acceptors (Lipinski definition) is 6. The number of halogens is 1. The zero-order valence-electron chi connectivity index (χ0n) is 19.0. The molecule has 1 aliphatic rings. The van der Waals surface area contributed by atoms with Crippen molar-refractivity contribution in [3.05, 3.63) is 75.9 Å². The van der Waals surface area contributed by atoms with Gasteiger partial charge in [-0.05, 0) is 24.6 Å². The number of rotatable bonds is 7. The number of hydrogen-bond donors (Lipinski definition) is 2. The van der Waals surface area contributed by atoms with Crippen LogP contribution in [-0.2, 0) is 11.3 Å². The van der Waals surface area contributed by atoms with Gasteiger partial charge in [-0.1, -0.05) is 35.9 Å². The minimum Gasteiger partial charge on any atom is -0.484 e. The fourth-order valence-corrected chi connectivity index (χ4v) is 5.44. The number of nitrogens with two attached hydrogens (primary N) is 1. The summed E-state index contributed by atoms with van der Waals surface area (Å²) in [5.74, 6) is -0.104. The Labute approximate surface area is 211 Å². The third-order valence-electron chi connectivity index (χ3n) is 5.91. The van der Waals surface area contributed by atoms with Crippen molar-refractivity contribution in [1.82, 2.24) is 19.6 Å². The van der Waals surface area contributed by atoms with Gasteiger partial charge in [0.25, 0.3) is 5.91 Å². The molecule has 3 N–H and O–H groups in total. The van der Waals surface area contributed by atoms with Crippen LogP contribution >= 0.6 is 22.9 Å². The molecule has 4 heterocycles. The number of carbonyl (C=O) groups excluding carboxylic acids is 2. The molecule has 35 heavy (non-hydrogen) atoms. The zero-order valence-corrected chi connectivity index (χ0v) is 20.6. The van der Waals surface area contributed by atoms with Crippen molar-refractivity contribution in [3.8, 4) is 16.3 Å². The number of aromatic nitrogens is 2. The van der Waals surface area contributed by atoms with Crippen LogP contribution in [0.15, 0.2) is 54.9 Å². The number of pyridine rings is 1. The normalized spacial score (nSPS) is 15.2. The molecule has 0 saturated carbocycles. The Bertz CT molecular complexity index is 1420. The third kappa shape index (κ3) is 4.88. The number of nitrogens with zero attached hydrogens (tertiary/aromatic N) is 3. The number of ether oxygens (including phenoxy) is 1. The van der Waals surface area contributed by atoms with E-state index in [1.807, 2.05) is 53.9 Å². The molecule has 1 fully saturated rings. The van der Waals surface area contributed by atoms with Crippen LogP contribution < -0.4 is 15.8 Å². The molecular formula is C25H24ClN5O3S. The average molecular weight is 510 g/mol. The van der Waals surface area contributed by atoms with Crippen LogP contribution in [0.4, 0.5) is 0 Å². The van der Waals surface area contributed by atoms with E-state index in [1.165, 1.54) is 11.3 Å². The molecule has 5 rings (SSSR count). The van der Waals surface area contributed by atoms with Gasteiger partial charge in [-0.2, -0.15) is 0 Å². The highest BCUT2D eigenvalue weighted by Crippen LogP contribution is 2.39. The van der Waals surface area contributed by atoms with Gasteiger partial charge in [-0.3, -0.25) is 18.9 Å². The van der Waals surface area contributed by atoms with Crippen LogP contribution in [0.25, 0.3) is 16.2 Å². The number of carbonyl (C=O) groups is 2. The number of benzene rings is 1. The van der Waals surface area contributed by atoms with E-state index in [1.54, 1.807) is 12.3 Å². The van der Waals surface area contributed by atoms with Gasteiger partial charge in [0, 0.05) is 42.5 Å². The van der Waals surface area contributed by atoms with Crippen molar-refractivity contribution >= 4 is 40.4 Å². The fourth-order valence-electron chi connectivity index (χ4n) is 4.20. The molecule has 0 aliphatic carbocycles. The van der Waals surface area contributed by atoms with Gasteiger partial charge >= 0.3 is 0 Å². The van der Waals surface area contributed by atoms with Crippen molar-refractivity contribution in [2.45, 2.75) is 19.6 Å². The zero-order chi connectivity index (χ0) is 24.5. The van der Waals surface area contributed by atoms with Crippen LogP contribution in [0.2, 0.25) is 5.02 Å². The summed E-state index contributed by atoms with van der Waals surface area (Å²) in [7, 11) is 0. The van der Waals surface area contributed by atoms with Crippen molar-refractivity contribution in [3.63, 3.8) is 0 Å². The summed E-state index contributed by atoms with van der Waals surface area (Å²) in [6.45, 7) is 4.37. The van der Waals surface area contributed by atoms with Crippen LogP contribution in [0.1, 0.15) is 33.8 Å². The predicted molar refractivity (Wildman–Crippen MR) is 136 cm³/mol. The molecule has 8 nitrogen and oxygen atoms in total. The molecule has 1 saturated heterocycles. The van der Waals surface area contributed by atoms with Crippen molar-refractivity contribution in [2.24, 2.45) is 5.73 Å². The summed E-state index contributed by atoms with van der Waals surface area (Å²) >= 11 is 7.59. The summed E-state index contributed by atoms with van der Waals surface area (Å²) in [6, 6.07) is 13.2. The molecule has 1 aromatic carbocycles. The standard InChI is InChI=1S/C25H24ClN5O3S/c1-15(17-4-2-3-5-18(17)26)34-20-10-21(35-24(20)25(27)33)19-11-29-22-7-6-16(13-31(19)22)12-30-9-8-28-23(32)14-30/h2-7,10-11,13,15H,8-9,12,14H2,1H3,(H2,27,33)(H,28,32). The Morgan fingerprint density at radius 2 is 2.14 bits per heavy atom. The average Bonchev–Trinajstić information content (AvgIpc) is 3.43. The Morgan fingerprint density at radius 3 is 2.91 bits per heavy atom. The molecule has 0 radical (unpaired) electrons. The molecule has 0 bridgehead atoms. The number of nitrogens with one attached hydrogen (secondary N) is 1. The largest absolute Gasteiger partial charge is 0.484 e. The molecule has 4 aromatic rings. The first-order valence-electron chi connectivity index (χ1n) is 11.2. The summed E-state index contributed by atoms with van der Waals surface area (Å²) in [4.78, 5) is 31.7. The third-order valence-corrected chi connectivity index (χ3v) is 7.41. The van der Waals surface area contributed by atoms with E-state index in [2.05, 4.69) is 15.2 Å². The highest BCUT2D eigenvalue weighted by atomic mass is 35.5. The SMILES string of the molecule is CC(Oc1cc(-c2cnc3ccc(CN4CCNC(=O)C4)cn23)sc1C(N)=O)c1ccccc1Cl. The topological polar surface area (TPSA) is 102 Å². The van der Waals surface area contributed by atoms with Gasteiger partial charge in [0.1, 0.15) is 22.4 Å². The lowest BCUT2D eigenvalue weighted by Gasteiger charge is -2.26. The van der Waals surface area contributed by atoms with E-state index in [0.717, 1.165) is 33.9 Å². The highest BCUT2D eigenvalue weighted by molar-refractivity contribution is 7.17. The number of primary amides is 1. The molecule has 0 spiro atoms.